The second-order valence-corrected chi connectivity index (χ2v) is 2.56. The lowest BCUT2D eigenvalue weighted by atomic mass is 10.2. The van der Waals surface area contributed by atoms with E-state index in [0.29, 0.717) is 6.04 Å². The third kappa shape index (κ3) is 1.46. The van der Waals surface area contributed by atoms with Crippen molar-refractivity contribution in [2.24, 2.45) is 0 Å². The van der Waals surface area contributed by atoms with Gasteiger partial charge in [0, 0.05) is 6.54 Å². The molecule has 0 aromatic heterocycles. The fourth-order valence-electron chi connectivity index (χ4n) is 1.10. The van der Waals surface area contributed by atoms with Crippen LogP contribution in [0.5, 0.6) is 0 Å². The highest BCUT2D eigenvalue weighted by molar-refractivity contribution is 4.61. The van der Waals surface area contributed by atoms with Crippen LogP contribution in [0.2, 0.25) is 0 Å². The summed E-state index contributed by atoms with van der Waals surface area (Å²) in [5, 5.41) is 3.35. The van der Waals surface area contributed by atoms with Gasteiger partial charge >= 0.3 is 0 Å². The Morgan fingerprint density at radius 1 is 1.75 bits per heavy atom. The summed E-state index contributed by atoms with van der Waals surface area (Å²) in [6.45, 7) is 5.66. The Labute approximate surface area is 50.9 Å². The van der Waals surface area contributed by atoms with Crippen molar-refractivity contribution in [1.82, 2.24) is 5.32 Å². The van der Waals surface area contributed by atoms with Crippen LogP contribution >= 0.6 is 0 Å². The molecule has 1 unspecified atom stereocenters. The molecule has 1 aliphatic rings. The van der Waals surface area contributed by atoms with E-state index in [1.165, 1.54) is 18.0 Å². The van der Waals surface area contributed by atoms with Gasteiger partial charge in [-0.2, -0.15) is 7.05 Å². The Hall–Kier alpha value is -0.0800. The Kier molecular flexibility index (Phi) is 1.86. The number of nitrogens with one attached hydrogen (secondary N) is 2. The molecule has 2 N–H and O–H groups in total. The molecule has 1 rings (SSSR count). The largest absolute Gasteiger partial charge is 0.466 e. The molecule has 0 aliphatic carbocycles. The van der Waals surface area contributed by atoms with Crippen molar-refractivity contribution in [1.29, 1.82) is 0 Å². The molecule has 48 valence electrons. The van der Waals surface area contributed by atoms with Crippen LogP contribution in [-0.2, 0) is 0 Å². The van der Waals surface area contributed by atoms with Crippen molar-refractivity contribution in [3.8, 4) is 0 Å². The van der Waals surface area contributed by atoms with Gasteiger partial charge in [0.15, 0.2) is 0 Å². The first-order chi connectivity index (χ1) is 3.79. The Morgan fingerprint density at radius 2 is 2.50 bits per heavy atom. The van der Waals surface area contributed by atoms with Crippen LogP contribution in [0.25, 0.3) is 0 Å². The predicted octanol–water partition coefficient (Wildman–Crippen LogP) is -1.35. The van der Waals surface area contributed by atoms with Crippen LogP contribution < -0.4 is 10.2 Å². The topological polar surface area (TPSA) is 16.5 Å². The zero-order valence-electron chi connectivity index (χ0n) is 5.41. The summed E-state index contributed by atoms with van der Waals surface area (Å²) in [5.74, 6) is 0. The standard InChI is InChI=1S/C6H14N2/c1-6-5-8(2)4-3-7-6/h6-8H,2-5H2,1H3/t6-/m0/s1. The number of quaternary nitrogens is 1. The lowest BCUT2D eigenvalue weighted by molar-refractivity contribution is -0.858. The summed E-state index contributed by atoms with van der Waals surface area (Å²) in [6.07, 6.45) is 0. The highest BCUT2D eigenvalue weighted by Gasteiger charge is 2.09. The smallest absolute Gasteiger partial charge is 0.0684 e. The Bertz CT molecular complexity index is 64.9. The van der Waals surface area contributed by atoms with E-state index in [0.717, 1.165) is 6.54 Å². The zero-order chi connectivity index (χ0) is 5.98. The molecule has 0 saturated carbocycles. The average Bonchev–Trinajstić information content (AvgIpc) is 1.64. The minimum atomic E-state index is 0.663. The fourth-order valence-corrected chi connectivity index (χ4v) is 1.10. The van der Waals surface area contributed by atoms with Gasteiger partial charge in [0.1, 0.15) is 0 Å². The molecule has 8 heavy (non-hydrogen) atoms. The van der Waals surface area contributed by atoms with Crippen LogP contribution in [0.1, 0.15) is 6.92 Å². The van der Waals surface area contributed by atoms with Crippen molar-refractivity contribution in [2.45, 2.75) is 13.0 Å². The zero-order valence-corrected chi connectivity index (χ0v) is 5.41. The molecular weight excluding hydrogens is 100 g/mol. The van der Waals surface area contributed by atoms with E-state index in [9.17, 15) is 0 Å². The van der Waals surface area contributed by atoms with Crippen molar-refractivity contribution in [3.05, 3.63) is 7.05 Å². The first-order valence-electron chi connectivity index (χ1n) is 3.19. The van der Waals surface area contributed by atoms with Gasteiger partial charge in [0.25, 0.3) is 0 Å². The van der Waals surface area contributed by atoms with Crippen molar-refractivity contribution in [3.63, 3.8) is 0 Å². The predicted molar refractivity (Wildman–Crippen MR) is 33.5 cm³/mol. The van der Waals surface area contributed by atoms with Crippen LogP contribution in [0.3, 0.4) is 0 Å². The number of hydrogen-bond acceptors (Lipinski definition) is 1. The molecule has 1 heterocycles. The third-order valence-corrected chi connectivity index (χ3v) is 1.57. The minimum absolute atomic E-state index is 0.663. The van der Waals surface area contributed by atoms with Gasteiger partial charge < -0.3 is 10.2 Å². The van der Waals surface area contributed by atoms with Gasteiger partial charge in [0.05, 0.1) is 19.1 Å². The van der Waals surface area contributed by atoms with Crippen molar-refractivity contribution < 1.29 is 4.90 Å². The molecule has 0 radical (unpaired) electrons. The van der Waals surface area contributed by atoms with Gasteiger partial charge in [-0.15, -0.1) is 0 Å². The molecule has 0 bridgehead atoms. The Morgan fingerprint density at radius 3 is 2.88 bits per heavy atom. The summed E-state index contributed by atoms with van der Waals surface area (Å²) >= 11 is 0. The lowest BCUT2D eigenvalue weighted by Gasteiger charge is -2.30. The van der Waals surface area contributed by atoms with Crippen LogP contribution in [0.15, 0.2) is 0 Å². The molecule has 1 aliphatic heterocycles. The van der Waals surface area contributed by atoms with E-state index in [1.54, 1.807) is 0 Å². The molecule has 1 fully saturated rings. The maximum absolute atomic E-state index is 3.92. The average molecular weight is 114 g/mol. The summed E-state index contributed by atoms with van der Waals surface area (Å²) in [5.41, 5.74) is 0. The maximum atomic E-state index is 3.92. The van der Waals surface area contributed by atoms with Crippen LogP contribution in [-0.4, -0.2) is 25.7 Å². The van der Waals surface area contributed by atoms with E-state index in [2.05, 4.69) is 19.3 Å². The van der Waals surface area contributed by atoms with Crippen LogP contribution in [0, 0.1) is 7.05 Å². The number of hydrogen-bond donors (Lipinski definition) is 2. The monoisotopic (exact) mass is 114 g/mol. The maximum Gasteiger partial charge on any atom is 0.0684 e. The fraction of sp³-hybridized carbons (Fsp3) is 0.833. The highest BCUT2D eigenvalue weighted by Crippen LogP contribution is 1.76. The molecule has 0 aromatic carbocycles. The lowest BCUT2D eigenvalue weighted by Crippen LogP contribution is -3.10. The molecule has 2 nitrogen and oxygen atoms in total. The molecule has 0 amide bonds. The SMILES string of the molecule is [CH2-][NH+]1CCN[C@@H](C)C1. The van der Waals surface area contributed by atoms with Crippen LogP contribution in [0.4, 0.5) is 0 Å². The second kappa shape index (κ2) is 2.46. The van der Waals surface area contributed by atoms with E-state index < -0.39 is 0 Å². The quantitative estimate of drug-likeness (QED) is 0.372. The normalized spacial score (nSPS) is 39.8. The van der Waals surface area contributed by atoms with E-state index in [-0.39, 0.29) is 0 Å². The van der Waals surface area contributed by atoms with Crippen molar-refractivity contribution in [2.75, 3.05) is 19.6 Å². The van der Waals surface area contributed by atoms with Gasteiger partial charge in [-0.1, -0.05) is 0 Å². The molecule has 2 atom stereocenters. The molecule has 2 heteroatoms. The summed E-state index contributed by atoms with van der Waals surface area (Å²) in [4.78, 5) is 1.40. The first-order valence-corrected chi connectivity index (χ1v) is 3.19. The third-order valence-electron chi connectivity index (χ3n) is 1.57. The van der Waals surface area contributed by atoms with E-state index in [4.69, 9.17) is 0 Å². The first kappa shape index (κ1) is 6.05. The van der Waals surface area contributed by atoms with E-state index in [1.807, 2.05) is 0 Å². The summed E-state index contributed by atoms with van der Waals surface area (Å²) in [6, 6.07) is 0.663. The molecule has 0 aromatic rings. The van der Waals surface area contributed by atoms with Crippen molar-refractivity contribution >= 4 is 0 Å². The van der Waals surface area contributed by atoms with Gasteiger partial charge in [-0.3, -0.25) is 0 Å². The van der Waals surface area contributed by atoms with Gasteiger partial charge in [-0.25, -0.2) is 0 Å². The molecule has 1 saturated heterocycles. The van der Waals surface area contributed by atoms with Gasteiger partial charge in [0.2, 0.25) is 0 Å². The molecular formula is C6H14N2. The highest BCUT2D eigenvalue weighted by atomic mass is 15.2. The second-order valence-electron chi connectivity index (χ2n) is 2.56. The Balaban J connectivity index is 2.23. The minimum Gasteiger partial charge on any atom is -0.466 e. The van der Waals surface area contributed by atoms with Gasteiger partial charge in [-0.05, 0) is 6.92 Å². The number of piperazine rings is 1. The molecule has 0 spiro atoms. The van der Waals surface area contributed by atoms with E-state index >= 15 is 0 Å². The summed E-state index contributed by atoms with van der Waals surface area (Å²) < 4.78 is 0. The number of rotatable bonds is 0. The summed E-state index contributed by atoms with van der Waals surface area (Å²) in [7, 11) is 3.92.